The fourth-order valence-corrected chi connectivity index (χ4v) is 2.16. The van der Waals surface area contributed by atoms with Gasteiger partial charge in [0, 0.05) is 17.5 Å². The van der Waals surface area contributed by atoms with Gasteiger partial charge in [-0.25, -0.2) is 4.98 Å². The molecular weight excluding hydrogens is 236 g/mol. The van der Waals surface area contributed by atoms with Crippen LogP contribution in [0, 0.1) is 0 Å². The Morgan fingerprint density at radius 2 is 1.95 bits per heavy atom. The zero-order valence-electron chi connectivity index (χ0n) is 12.4. The lowest BCUT2D eigenvalue weighted by Gasteiger charge is -2.23. The zero-order chi connectivity index (χ0) is 14.0. The second-order valence-corrected chi connectivity index (χ2v) is 5.72. The van der Waals surface area contributed by atoms with Crippen LogP contribution >= 0.6 is 0 Å². The number of ether oxygens (including phenoxy) is 1. The van der Waals surface area contributed by atoms with E-state index >= 15 is 0 Å². The molecule has 0 aliphatic rings. The lowest BCUT2D eigenvalue weighted by Crippen LogP contribution is -2.16. The summed E-state index contributed by atoms with van der Waals surface area (Å²) in [6.45, 7) is 9.58. The Hall–Kier alpha value is -1.77. The van der Waals surface area contributed by atoms with E-state index in [4.69, 9.17) is 9.72 Å². The topological polar surface area (TPSA) is 34.2 Å². The average molecular weight is 258 g/mol. The van der Waals surface area contributed by atoms with Crippen LogP contribution in [-0.2, 0) is 5.41 Å². The van der Waals surface area contributed by atoms with Crippen LogP contribution in [0.4, 0.5) is 5.82 Å². The maximum absolute atomic E-state index is 5.28. The van der Waals surface area contributed by atoms with Crippen LogP contribution in [0.5, 0.6) is 5.75 Å². The quantitative estimate of drug-likeness (QED) is 0.904. The van der Waals surface area contributed by atoms with Crippen LogP contribution in [0.1, 0.15) is 33.3 Å². The number of pyridine rings is 1. The first-order valence-electron chi connectivity index (χ1n) is 6.69. The van der Waals surface area contributed by atoms with Crippen LogP contribution in [0.25, 0.3) is 10.9 Å². The van der Waals surface area contributed by atoms with Gasteiger partial charge in [0.1, 0.15) is 11.6 Å². The van der Waals surface area contributed by atoms with E-state index in [2.05, 4.69) is 39.1 Å². The highest BCUT2D eigenvalue weighted by Crippen LogP contribution is 2.32. The van der Waals surface area contributed by atoms with Crippen LogP contribution < -0.4 is 10.1 Å². The molecule has 0 unspecified atom stereocenters. The van der Waals surface area contributed by atoms with E-state index in [-0.39, 0.29) is 5.41 Å². The molecule has 0 fully saturated rings. The molecule has 1 heterocycles. The van der Waals surface area contributed by atoms with Crippen LogP contribution in [0.15, 0.2) is 24.3 Å². The van der Waals surface area contributed by atoms with E-state index < -0.39 is 0 Å². The highest BCUT2D eigenvalue weighted by atomic mass is 16.5. The van der Waals surface area contributed by atoms with Gasteiger partial charge in [0.2, 0.25) is 0 Å². The van der Waals surface area contributed by atoms with Crippen molar-refractivity contribution >= 4 is 16.7 Å². The molecule has 3 nitrogen and oxygen atoms in total. The van der Waals surface area contributed by atoms with Gasteiger partial charge in [0.25, 0.3) is 0 Å². The highest BCUT2D eigenvalue weighted by Gasteiger charge is 2.19. The molecule has 1 N–H and O–H groups in total. The van der Waals surface area contributed by atoms with Crippen molar-refractivity contribution < 1.29 is 4.74 Å². The van der Waals surface area contributed by atoms with Crippen LogP contribution in [-0.4, -0.2) is 18.6 Å². The SMILES string of the molecule is CCNc1nc2ccc(OC)cc2cc1C(C)(C)C. The van der Waals surface area contributed by atoms with E-state index in [1.165, 1.54) is 5.56 Å². The first kappa shape index (κ1) is 13.7. The number of anilines is 1. The number of nitrogens with zero attached hydrogens (tertiary/aromatic N) is 1. The van der Waals surface area contributed by atoms with Crippen LogP contribution in [0.3, 0.4) is 0 Å². The van der Waals surface area contributed by atoms with Crippen molar-refractivity contribution in [1.29, 1.82) is 0 Å². The van der Waals surface area contributed by atoms with Crippen molar-refractivity contribution in [3.8, 4) is 5.75 Å². The van der Waals surface area contributed by atoms with E-state index in [0.29, 0.717) is 0 Å². The van der Waals surface area contributed by atoms with Crippen molar-refractivity contribution in [2.75, 3.05) is 19.0 Å². The van der Waals surface area contributed by atoms with E-state index in [1.54, 1.807) is 7.11 Å². The highest BCUT2D eigenvalue weighted by molar-refractivity contribution is 5.83. The molecule has 1 aromatic carbocycles. The smallest absolute Gasteiger partial charge is 0.130 e. The molecule has 0 radical (unpaired) electrons. The van der Waals surface area contributed by atoms with Crippen molar-refractivity contribution in [3.63, 3.8) is 0 Å². The molecule has 0 atom stereocenters. The number of benzene rings is 1. The number of aromatic nitrogens is 1. The molecule has 0 amide bonds. The third-order valence-corrected chi connectivity index (χ3v) is 3.17. The second-order valence-electron chi connectivity index (χ2n) is 5.72. The number of rotatable bonds is 3. The number of nitrogens with one attached hydrogen (secondary N) is 1. The van der Waals surface area contributed by atoms with Gasteiger partial charge in [-0.2, -0.15) is 0 Å². The largest absolute Gasteiger partial charge is 0.497 e. The number of hydrogen-bond acceptors (Lipinski definition) is 3. The van der Waals surface area contributed by atoms with Gasteiger partial charge < -0.3 is 10.1 Å². The molecule has 0 spiro atoms. The molecule has 0 saturated carbocycles. The fraction of sp³-hybridized carbons (Fsp3) is 0.438. The zero-order valence-corrected chi connectivity index (χ0v) is 12.4. The van der Waals surface area contributed by atoms with Crippen molar-refractivity contribution in [3.05, 3.63) is 29.8 Å². The minimum Gasteiger partial charge on any atom is -0.497 e. The fourth-order valence-electron chi connectivity index (χ4n) is 2.16. The molecule has 1 aromatic heterocycles. The maximum Gasteiger partial charge on any atom is 0.130 e. The Kier molecular flexibility index (Phi) is 3.65. The number of methoxy groups -OCH3 is 1. The molecule has 0 saturated heterocycles. The Bertz CT molecular complexity index is 585. The summed E-state index contributed by atoms with van der Waals surface area (Å²) in [4.78, 5) is 4.74. The van der Waals surface area contributed by atoms with E-state index in [9.17, 15) is 0 Å². The molecule has 2 rings (SSSR count). The molecular formula is C16H22N2O. The Morgan fingerprint density at radius 1 is 1.21 bits per heavy atom. The molecule has 0 aliphatic heterocycles. The van der Waals surface area contributed by atoms with Gasteiger partial charge in [-0.05, 0) is 36.6 Å². The third-order valence-electron chi connectivity index (χ3n) is 3.17. The molecule has 3 heteroatoms. The molecule has 0 bridgehead atoms. The number of hydrogen-bond donors (Lipinski definition) is 1. The molecule has 102 valence electrons. The van der Waals surface area contributed by atoms with E-state index in [1.807, 2.05) is 18.2 Å². The number of fused-ring (bicyclic) bond motifs is 1. The summed E-state index contributed by atoms with van der Waals surface area (Å²) in [6.07, 6.45) is 0. The van der Waals surface area contributed by atoms with Gasteiger partial charge in [-0.1, -0.05) is 20.8 Å². The van der Waals surface area contributed by atoms with Gasteiger partial charge >= 0.3 is 0 Å². The van der Waals surface area contributed by atoms with Crippen molar-refractivity contribution in [1.82, 2.24) is 4.98 Å². The predicted octanol–water partition coefficient (Wildman–Crippen LogP) is 3.97. The summed E-state index contributed by atoms with van der Waals surface area (Å²) < 4.78 is 5.28. The summed E-state index contributed by atoms with van der Waals surface area (Å²) in [5.41, 5.74) is 2.28. The monoisotopic (exact) mass is 258 g/mol. The maximum atomic E-state index is 5.28. The van der Waals surface area contributed by atoms with E-state index in [0.717, 1.165) is 29.0 Å². The minimum absolute atomic E-state index is 0.0573. The van der Waals surface area contributed by atoms with Gasteiger partial charge in [-0.3, -0.25) is 0 Å². The van der Waals surface area contributed by atoms with Gasteiger partial charge in [0.05, 0.1) is 12.6 Å². The molecule has 19 heavy (non-hydrogen) atoms. The molecule has 2 aromatic rings. The lowest BCUT2D eigenvalue weighted by atomic mass is 9.86. The summed E-state index contributed by atoms with van der Waals surface area (Å²) in [7, 11) is 1.69. The van der Waals surface area contributed by atoms with Gasteiger partial charge in [0.15, 0.2) is 0 Å². The molecule has 0 aliphatic carbocycles. The van der Waals surface area contributed by atoms with Crippen molar-refractivity contribution in [2.24, 2.45) is 0 Å². The first-order chi connectivity index (χ1) is 8.95. The summed E-state index contributed by atoms with van der Waals surface area (Å²) in [6, 6.07) is 8.19. The summed E-state index contributed by atoms with van der Waals surface area (Å²) >= 11 is 0. The minimum atomic E-state index is 0.0573. The average Bonchev–Trinajstić information content (AvgIpc) is 2.36. The Balaban J connectivity index is 2.66. The Labute approximate surface area is 115 Å². The Morgan fingerprint density at radius 3 is 2.53 bits per heavy atom. The first-order valence-corrected chi connectivity index (χ1v) is 6.69. The normalized spacial score (nSPS) is 11.6. The standard InChI is InChI=1S/C16H22N2O/c1-6-17-15-13(16(2,3)4)10-11-9-12(19-5)7-8-14(11)18-15/h7-10H,6H2,1-5H3,(H,17,18). The van der Waals surface area contributed by atoms with Gasteiger partial charge in [-0.15, -0.1) is 0 Å². The lowest BCUT2D eigenvalue weighted by molar-refractivity contribution is 0.415. The summed E-state index contributed by atoms with van der Waals surface area (Å²) in [5.74, 6) is 1.85. The van der Waals surface area contributed by atoms with Crippen molar-refractivity contribution in [2.45, 2.75) is 33.1 Å². The predicted molar refractivity (Wildman–Crippen MR) is 81.2 cm³/mol. The van der Waals surface area contributed by atoms with Crippen LogP contribution in [0.2, 0.25) is 0 Å². The third kappa shape index (κ3) is 2.80. The summed E-state index contributed by atoms with van der Waals surface area (Å²) in [5, 5.41) is 4.48. The second kappa shape index (κ2) is 5.08.